The van der Waals surface area contributed by atoms with Crippen LogP contribution in [-0.4, -0.2) is 0 Å². The number of fused-ring (bicyclic) bond motifs is 10. The Kier molecular flexibility index (Phi) is 5.86. The lowest BCUT2D eigenvalue weighted by molar-refractivity contribution is 0.669. The van der Waals surface area contributed by atoms with Crippen molar-refractivity contribution in [1.29, 1.82) is 0 Å². The molecule has 11 rings (SSSR count). The van der Waals surface area contributed by atoms with Crippen molar-refractivity contribution >= 4 is 54.3 Å². The van der Waals surface area contributed by atoms with Crippen molar-refractivity contribution in [2.75, 3.05) is 0 Å². The monoisotopic (exact) mass is 648 g/mol. The summed E-state index contributed by atoms with van der Waals surface area (Å²) in [7, 11) is 0. The van der Waals surface area contributed by atoms with Crippen LogP contribution in [0.15, 0.2) is 180 Å². The van der Waals surface area contributed by atoms with Crippen molar-refractivity contribution in [3.63, 3.8) is 0 Å². The molecular formula is C50H32O. The third-order valence-electron chi connectivity index (χ3n) is 11.5. The van der Waals surface area contributed by atoms with E-state index in [4.69, 9.17) is 4.42 Å². The molecule has 0 saturated heterocycles. The molecule has 0 saturated carbocycles. The highest BCUT2D eigenvalue weighted by molar-refractivity contribution is 6.25. The van der Waals surface area contributed by atoms with Gasteiger partial charge < -0.3 is 4.42 Å². The van der Waals surface area contributed by atoms with Gasteiger partial charge >= 0.3 is 0 Å². The van der Waals surface area contributed by atoms with Crippen molar-refractivity contribution in [2.45, 2.75) is 12.3 Å². The minimum Gasteiger partial charge on any atom is -0.456 e. The van der Waals surface area contributed by atoms with E-state index in [9.17, 15) is 0 Å². The molecule has 0 amide bonds. The van der Waals surface area contributed by atoms with Gasteiger partial charge in [0.15, 0.2) is 0 Å². The molecule has 1 heterocycles. The zero-order valence-electron chi connectivity index (χ0n) is 28.2. The third kappa shape index (κ3) is 3.86. The topological polar surface area (TPSA) is 13.1 Å². The molecule has 0 N–H and O–H groups in total. The zero-order chi connectivity index (χ0) is 33.7. The van der Waals surface area contributed by atoms with Gasteiger partial charge in [0.25, 0.3) is 0 Å². The van der Waals surface area contributed by atoms with Crippen molar-refractivity contribution in [1.82, 2.24) is 0 Å². The number of furan rings is 1. The van der Waals surface area contributed by atoms with Gasteiger partial charge in [-0.2, -0.15) is 0 Å². The maximum atomic E-state index is 6.24. The molecule has 10 aromatic rings. The lowest BCUT2D eigenvalue weighted by Crippen LogP contribution is -2.22. The van der Waals surface area contributed by atoms with Crippen LogP contribution in [0.25, 0.3) is 87.6 Å². The van der Waals surface area contributed by atoms with Crippen LogP contribution in [-0.2, 0) is 5.41 Å². The first-order chi connectivity index (χ1) is 25.2. The van der Waals surface area contributed by atoms with E-state index in [2.05, 4.69) is 177 Å². The molecule has 9 aromatic carbocycles. The summed E-state index contributed by atoms with van der Waals surface area (Å²) in [6.07, 6.45) is 0. The zero-order valence-corrected chi connectivity index (χ0v) is 28.2. The van der Waals surface area contributed by atoms with Crippen LogP contribution in [0.4, 0.5) is 0 Å². The molecule has 1 aliphatic carbocycles. The Labute approximate surface area is 296 Å². The lowest BCUT2D eigenvalue weighted by Gasteiger charge is -2.29. The van der Waals surface area contributed by atoms with Crippen LogP contribution in [0.5, 0.6) is 0 Å². The fourth-order valence-electron chi connectivity index (χ4n) is 9.24. The molecule has 0 fully saturated rings. The number of rotatable bonds is 3. The van der Waals surface area contributed by atoms with Gasteiger partial charge in [0.1, 0.15) is 11.2 Å². The molecular weight excluding hydrogens is 617 g/mol. The molecule has 1 heteroatoms. The molecule has 1 aliphatic rings. The van der Waals surface area contributed by atoms with Gasteiger partial charge in [-0.3, -0.25) is 0 Å². The van der Waals surface area contributed by atoms with Gasteiger partial charge in [-0.05, 0) is 114 Å². The van der Waals surface area contributed by atoms with Crippen molar-refractivity contribution in [3.8, 4) is 33.4 Å². The molecule has 0 radical (unpaired) electrons. The predicted octanol–water partition coefficient (Wildman–Crippen LogP) is 13.7. The van der Waals surface area contributed by atoms with Crippen LogP contribution >= 0.6 is 0 Å². The second kappa shape index (κ2) is 10.5. The van der Waals surface area contributed by atoms with Crippen LogP contribution in [0.1, 0.15) is 23.6 Å². The lowest BCUT2D eigenvalue weighted by atomic mass is 9.73. The van der Waals surface area contributed by atoms with Crippen molar-refractivity contribution in [3.05, 3.63) is 193 Å². The minimum atomic E-state index is -0.305. The summed E-state index contributed by atoms with van der Waals surface area (Å²) in [6.45, 7) is 2.42. The Balaban J connectivity index is 1.26. The SMILES string of the molecule is CC1(c2ccccc2)c2ccccc2-c2c1cc(-c1c3ccccc3c(-c3ccc4oc5ccccc5c4c3)c3ccccc13)c1ccccc21. The summed E-state index contributed by atoms with van der Waals surface area (Å²) >= 11 is 0. The second-order valence-corrected chi connectivity index (χ2v) is 14.1. The van der Waals surface area contributed by atoms with Crippen LogP contribution < -0.4 is 0 Å². The quantitative estimate of drug-likeness (QED) is 0.174. The molecule has 1 unspecified atom stereocenters. The summed E-state index contributed by atoms with van der Waals surface area (Å²) in [5.74, 6) is 0. The van der Waals surface area contributed by atoms with Crippen LogP contribution in [0.2, 0.25) is 0 Å². The van der Waals surface area contributed by atoms with Gasteiger partial charge in [0, 0.05) is 16.2 Å². The Morgan fingerprint density at radius 2 is 0.882 bits per heavy atom. The smallest absolute Gasteiger partial charge is 0.135 e. The first-order valence-electron chi connectivity index (χ1n) is 17.8. The average Bonchev–Trinajstić information content (AvgIpc) is 3.70. The number of hydrogen-bond acceptors (Lipinski definition) is 1. The number of hydrogen-bond donors (Lipinski definition) is 0. The minimum absolute atomic E-state index is 0.305. The second-order valence-electron chi connectivity index (χ2n) is 14.1. The van der Waals surface area contributed by atoms with Gasteiger partial charge in [0.2, 0.25) is 0 Å². The number of para-hydroxylation sites is 1. The molecule has 1 atom stereocenters. The highest BCUT2D eigenvalue weighted by atomic mass is 16.3. The fourth-order valence-corrected chi connectivity index (χ4v) is 9.24. The summed E-state index contributed by atoms with van der Waals surface area (Å²) < 4.78 is 6.24. The summed E-state index contributed by atoms with van der Waals surface area (Å²) in [5.41, 5.74) is 13.2. The highest BCUT2D eigenvalue weighted by Gasteiger charge is 2.42. The largest absolute Gasteiger partial charge is 0.456 e. The maximum Gasteiger partial charge on any atom is 0.135 e. The Morgan fingerprint density at radius 1 is 0.353 bits per heavy atom. The summed E-state index contributed by atoms with van der Waals surface area (Å²) in [6, 6.07) is 64.6. The van der Waals surface area contributed by atoms with Gasteiger partial charge in [-0.1, -0.05) is 152 Å². The normalized spacial score (nSPS) is 15.2. The van der Waals surface area contributed by atoms with Gasteiger partial charge in [-0.15, -0.1) is 0 Å². The van der Waals surface area contributed by atoms with Crippen LogP contribution in [0.3, 0.4) is 0 Å². The van der Waals surface area contributed by atoms with E-state index in [0.717, 1.165) is 21.9 Å². The Hall–Kier alpha value is -6.44. The van der Waals surface area contributed by atoms with Crippen LogP contribution in [0, 0.1) is 0 Å². The molecule has 51 heavy (non-hydrogen) atoms. The van der Waals surface area contributed by atoms with E-state index in [0.29, 0.717) is 0 Å². The van der Waals surface area contributed by atoms with Gasteiger partial charge in [0.05, 0.1) is 0 Å². The van der Waals surface area contributed by atoms with E-state index in [-0.39, 0.29) is 5.41 Å². The molecule has 0 aliphatic heterocycles. The highest BCUT2D eigenvalue weighted by Crippen LogP contribution is 2.57. The first-order valence-corrected chi connectivity index (χ1v) is 17.8. The van der Waals surface area contributed by atoms with Gasteiger partial charge in [-0.25, -0.2) is 0 Å². The first kappa shape index (κ1) is 28.4. The molecule has 1 aromatic heterocycles. The Morgan fingerprint density at radius 3 is 1.59 bits per heavy atom. The third-order valence-corrected chi connectivity index (χ3v) is 11.5. The van der Waals surface area contributed by atoms with E-state index in [1.54, 1.807) is 0 Å². The van der Waals surface area contributed by atoms with E-state index >= 15 is 0 Å². The molecule has 238 valence electrons. The predicted molar refractivity (Wildman–Crippen MR) is 215 cm³/mol. The van der Waals surface area contributed by atoms with Crippen molar-refractivity contribution in [2.24, 2.45) is 0 Å². The summed E-state index contributed by atoms with van der Waals surface area (Å²) in [4.78, 5) is 0. The van der Waals surface area contributed by atoms with E-state index in [1.807, 2.05) is 6.07 Å². The Bertz CT molecular complexity index is 2980. The summed E-state index contributed by atoms with van der Waals surface area (Å²) in [5, 5.41) is 9.87. The maximum absolute atomic E-state index is 6.24. The van der Waals surface area contributed by atoms with E-state index in [1.165, 1.54) is 82.4 Å². The fraction of sp³-hybridized carbons (Fsp3) is 0.0400. The molecule has 0 bridgehead atoms. The number of benzene rings is 9. The average molecular weight is 649 g/mol. The van der Waals surface area contributed by atoms with E-state index < -0.39 is 0 Å². The standard InChI is InChI=1S/C50H32O/c1-50(32-15-3-2-4-16-32)43-25-13-11-24-40(43)49-35-19-6-5-17-33(35)42(30-44(49)50)48-38-22-9-7-20-36(38)47(37-21-8-10-23-39(37)48)31-27-28-46-41(29-31)34-18-12-14-26-45(34)51-46/h2-30H,1H3. The molecule has 0 spiro atoms. The molecule has 1 nitrogen and oxygen atoms in total. The van der Waals surface area contributed by atoms with Crippen molar-refractivity contribution < 1.29 is 4.42 Å².